The number of fused-ring (bicyclic) bond motifs is 1. The van der Waals surface area contributed by atoms with Crippen molar-refractivity contribution in [2.24, 2.45) is 7.05 Å². The normalized spacial score (nSPS) is 17.5. The number of aryl methyl sites for hydroxylation is 1. The van der Waals surface area contributed by atoms with Gasteiger partial charge < -0.3 is 14.4 Å². The first-order valence-electron chi connectivity index (χ1n) is 11.4. The summed E-state index contributed by atoms with van der Waals surface area (Å²) in [5.74, 6) is 0.395. The number of carbonyl (C=O) groups excluding carboxylic acids is 2. The minimum absolute atomic E-state index is 0.0136. The molecule has 2 fully saturated rings. The van der Waals surface area contributed by atoms with Crippen molar-refractivity contribution in [3.63, 3.8) is 0 Å². The molecule has 0 saturated carbocycles. The Kier molecular flexibility index (Phi) is 6.26. The molecule has 1 aromatic carbocycles. The number of likely N-dealkylation sites (tertiary alicyclic amines) is 2. The molecule has 4 rings (SSSR count). The van der Waals surface area contributed by atoms with Crippen LogP contribution < -0.4 is 0 Å². The molecule has 31 heavy (non-hydrogen) atoms. The van der Waals surface area contributed by atoms with Gasteiger partial charge in [-0.05, 0) is 50.7 Å². The molecule has 7 heteroatoms. The van der Waals surface area contributed by atoms with Crippen LogP contribution in [0.25, 0.3) is 11.0 Å². The SMILES string of the molecule is Cn1c(C(C#N)(CC(=O)N2CCCCC2)CC(=O)N2CCCCC2)nc2ccccc21. The maximum absolute atomic E-state index is 13.2. The largest absolute Gasteiger partial charge is 0.343 e. The number of imidazole rings is 1. The first-order valence-corrected chi connectivity index (χ1v) is 11.4. The Hall–Kier alpha value is -2.88. The van der Waals surface area contributed by atoms with Crippen LogP contribution in [0, 0.1) is 11.3 Å². The number of piperidine rings is 2. The van der Waals surface area contributed by atoms with E-state index in [1.165, 1.54) is 0 Å². The minimum atomic E-state index is -1.28. The second-order valence-corrected chi connectivity index (χ2v) is 8.91. The number of rotatable bonds is 5. The molecule has 0 aliphatic carbocycles. The summed E-state index contributed by atoms with van der Waals surface area (Å²) in [6, 6.07) is 10.1. The highest BCUT2D eigenvalue weighted by molar-refractivity contribution is 5.84. The van der Waals surface area contributed by atoms with E-state index in [0.29, 0.717) is 5.82 Å². The van der Waals surface area contributed by atoms with Crippen molar-refractivity contribution < 1.29 is 9.59 Å². The molecule has 164 valence electrons. The molecule has 0 spiro atoms. The van der Waals surface area contributed by atoms with Crippen molar-refractivity contribution in [2.75, 3.05) is 26.2 Å². The molecule has 2 saturated heterocycles. The Labute approximate surface area is 183 Å². The predicted octanol–water partition coefficient (Wildman–Crippen LogP) is 3.14. The number of nitriles is 1. The van der Waals surface area contributed by atoms with Gasteiger partial charge in [0.25, 0.3) is 0 Å². The fraction of sp³-hybridized carbons (Fsp3) is 0.583. The number of hydrogen-bond acceptors (Lipinski definition) is 4. The minimum Gasteiger partial charge on any atom is -0.343 e. The second-order valence-electron chi connectivity index (χ2n) is 8.91. The first kappa shape index (κ1) is 21.4. The monoisotopic (exact) mass is 421 g/mol. The number of para-hydroxylation sites is 2. The molecule has 2 aliphatic heterocycles. The van der Waals surface area contributed by atoms with Gasteiger partial charge in [0.1, 0.15) is 11.2 Å². The van der Waals surface area contributed by atoms with Crippen molar-refractivity contribution in [1.29, 1.82) is 5.26 Å². The first-order chi connectivity index (χ1) is 15.0. The zero-order valence-corrected chi connectivity index (χ0v) is 18.3. The van der Waals surface area contributed by atoms with Gasteiger partial charge in [-0.15, -0.1) is 0 Å². The van der Waals surface area contributed by atoms with Crippen molar-refractivity contribution >= 4 is 22.8 Å². The molecule has 7 nitrogen and oxygen atoms in total. The molecular weight excluding hydrogens is 390 g/mol. The standard InChI is InChI=1S/C24H31N5O2/c1-27-20-11-5-4-10-19(20)26-23(27)24(18-25,16-21(30)28-12-6-2-7-13-28)17-22(31)29-14-8-3-9-15-29/h4-5,10-11H,2-3,6-9,12-17H2,1H3. The zero-order chi connectivity index (χ0) is 21.8. The molecule has 0 atom stereocenters. The molecule has 3 heterocycles. The zero-order valence-electron chi connectivity index (χ0n) is 18.3. The highest BCUT2D eigenvalue weighted by atomic mass is 16.2. The summed E-state index contributed by atoms with van der Waals surface area (Å²) in [6.07, 6.45) is 6.19. The summed E-state index contributed by atoms with van der Waals surface area (Å²) in [7, 11) is 1.87. The van der Waals surface area contributed by atoms with Crippen molar-refractivity contribution in [2.45, 2.75) is 56.8 Å². The van der Waals surface area contributed by atoms with E-state index in [1.54, 1.807) is 0 Å². The van der Waals surface area contributed by atoms with Gasteiger partial charge in [-0.2, -0.15) is 5.26 Å². The topological polar surface area (TPSA) is 82.2 Å². The molecule has 0 bridgehead atoms. The van der Waals surface area contributed by atoms with Gasteiger partial charge >= 0.3 is 0 Å². The predicted molar refractivity (Wildman–Crippen MR) is 118 cm³/mol. The third kappa shape index (κ3) is 4.30. The number of carbonyl (C=O) groups is 2. The number of amides is 2. The molecule has 2 aromatic rings. The summed E-state index contributed by atoms with van der Waals surface area (Å²) in [5.41, 5.74) is 0.389. The van der Waals surface area contributed by atoms with E-state index in [9.17, 15) is 14.9 Å². The van der Waals surface area contributed by atoms with Gasteiger partial charge in [0.15, 0.2) is 0 Å². The van der Waals surface area contributed by atoms with Gasteiger partial charge in [0, 0.05) is 33.2 Å². The number of benzene rings is 1. The summed E-state index contributed by atoms with van der Waals surface area (Å²) in [5, 5.41) is 10.4. The number of nitrogens with zero attached hydrogens (tertiary/aromatic N) is 5. The van der Waals surface area contributed by atoms with Gasteiger partial charge in [-0.3, -0.25) is 9.59 Å². The Morgan fingerprint density at radius 1 is 0.935 bits per heavy atom. The number of aromatic nitrogens is 2. The molecule has 0 unspecified atom stereocenters. The molecule has 2 aliphatic rings. The van der Waals surface area contributed by atoms with Crippen LogP contribution in [0.4, 0.5) is 0 Å². The van der Waals surface area contributed by atoms with Crippen LogP contribution >= 0.6 is 0 Å². The highest BCUT2D eigenvalue weighted by Crippen LogP contribution is 2.35. The van der Waals surface area contributed by atoms with Gasteiger partial charge in [-0.25, -0.2) is 4.98 Å². The second kappa shape index (κ2) is 9.09. The fourth-order valence-corrected chi connectivity index (χ4v) is 4.95. The lowest BCUT2D eigenvalue weighted by molar-refractivity contribution is -0.135. The lowest BCUT2D eigenvalue weighted by atomic mass is 9.80. The summed E-state index contributed by atoms with van der Waals surface area (Å²) in [4.78, 5) is 34.9. The third-order valence-corrected chi connectivity index (χ3v) is 6.75. The smallest absolute Gasteiger partial charge is 0.224 e. The van der Waals surface area contributed by atoms with Crippen molar-refractivity contribution in [1.82, 2.24) is 19.4 Å². The summed E-state index contributed by atoms with van der Waals surface area (Å²) in [6.45, 7) is 2.90. The Morgan fingerprint density at radius 2 is 1.45 bits per heavy atom. The van der Waals surface area contributed by atoms with Crippen molar-refractivity contribution in [3.05, 3.63) is 30.1 Å². The molecule has 0 N–H and O–H groups in total. The molecule has 0 radical (unpaired) electrons. The van der Waals surface area contributed by atoms with Crippen LogP contribution in [0.15, 0.2) is 24.3 Å². The Morgan fingerprint density at radius 3 is 1.94 bits per heavy atom. The average Bonchev–Trinajstić information content (AvgIpc) is 3.17. The van der Waals surface area contributed by atoms with Crippen molar-refractivity contribution in [3.8, 4) is 6.07 Å². The van der Waals surface area contributed by atoms with Crippen LogP contribution in [-0.2, 0) is 22.1 Å². The molecular formula is C24H31N5O2. The van der Waals surface area contributed by atoms with E-state index in [1.807, 2.05) is 45.7 Å². The van der Waals surface area contributed by atoms with Crippen LogP contribution in [0.1, 0.15) is 57.2 Å². The molecule has 2 amide bonds. The quantitative estimate of drug-likeness (QED) is 0.743. The van der Waals surface area contributed by atoms with Crippen LogP contribution in [0.2, 0.25) is 0 Å². The summed E-state index contributed by atoms with van der Waals surface area (Å²) >= 11 is 0. The van der Waals surface area contributed by atoms with Crippen LogP contribution in [0.3, 0.4) is 0 Å². The maximum Gasteiger partial charge on any atom is 0.224 e. The van der Waals surface area contributed by atoms with E-state index in [2.05, 4.69) is 6.07 Å². The van der Waals surface area contributed by atoms with Gasteiger partial charge in [-0.1, -0.05) is 12.1 Å². The van der Waals surface area contributed by atoms with E-state index in [-0.39, 0.29) is 24.7 Å². The third-order valence-electron chi connectivity index (χ3n) is 6.75. The van der Waals surface area contributed by atoms with E-state index < -0.39 is 5.41 Å². The number of hydrogen-bond donors (Lipinski definition) is 0. The van der Waals surface area contributed by atoms with Gasteiger partial charge in [0.05, 0.1) is 29.9 Å². The Bertz CT molecular complexity index is 961. The van der Waals surface area contributed by atoms with E-state index in [4.69, 9.17) is 4.98 Å². The highest BCUT2D eigenvalue weighted by Gasteiger charge is 2.43. The molecule has 1 aromatic heterocycles. The van der Waals surface area contributed by atoms with Crippen LogP contribution in [-0.4, -0.2) is 57.3 Å². The fourth-order valence-electron chi connectivity index (χ4n) is 4.95. The maximum atomic E-state index is 13.2. The summed E-state index contributed by atoms with van der Waals surface area (Å²) < 4.78 is 1.88. The van der Waals surface area contributed by atoms with E-state index in [0.717, 1.165) is 75.7 Å². The Balaban J connectivity index is 1.70. The average molecular weight is 422 g/mol. The van der Waals surface area contributed by atoms with E-state index >= 15 is 0 Å². The lowest BCUT2D eigenvalue weighted by Gasteiger charge is -2.33. The van der Waals surface area contributed by atoms with Crippen LogP contribution in [0.5, 0.6) is 0 Å². The van der Waals surface area contributed by atoms with Gasteiger partial charge in [0.2, 0.25) is 11.8 Å². The lowest BCUT2D eigenvalue weighted by Crippen LogP contribution is -2.45.